The molecule has 0 saturated carbocycles. The standard InChI is InChI=1S/C42H22O3/c43-41(35-21-19-33-27-13-3-9-23-7-1-11-25(37(23)27)29-15-5-17-31(35)39(29)33)45-42(44)36-22-20-34-28-14-4-10-24-8-2-12-26(38(24)28)30-16-6-18-32(36)40(30)34/h1-22H. The fourth-order valence-corrected chi connectivity index (χ4v) is 7.84. The molecule has 10 rings (SSSR count). The molecule has 0 N–H and O–H groups in total. The van der Waals surface area contributed by atoms with E-state index in [1.54, 1.807) is 12.1 Å². The quantitative estimate of drug-likeness (QED) is 0.0893. The number of carbonyl (C=O) groups is 2. The number of hydrogen-bond acceptors (Lipinski definition) is 3. The third-order valence-corrected chi connectivity index (χ3v) is 9.68. The number of hydrogen-bond donors (Lipinski definition) is 0. The van der Waals surface area contributed by atoms with Crippen molar-refractivity contribution in [3.63, 3.8) is 0 Å². The summed E-state index contributed by atoms with van der Waals surface area (Å²) in [6, 6.07) is 44.9. The number of carbonyl (C=O) groups excluding carboxylic acids is 2. The Kier molecular flexibility index (Phi) is 4.74. The van der Waals surface area contributed by atoms with Crippen molar-refractivity contribution < 1.29 is 14.3 Å². The molecule has 0 aromatic heterocycles. The highest BCUT2D eigenvalue weighted by Crippen LogP contribution is 2.43. The van der Waals surface area contributed by atoms with Crippen molar-refractivity contribution in [3.05, 3.63) is 145 Å². The van der Waals surface area contributed by atoms with E-state index in [-0.39, 0.29) is 0 Å². The molecule has 0 aliphatic carbocycles. The van der Waals surface area contributed by atoms with Crippen LogP contribution < -0.4 is 0 Å². The first-order valence-electron chi connectivity index (χ1n) is 15.1. The Labute approximate surface area is 256 Å². The van der Waals surface area contributed by atoms with Crippen molar-refractivity contribution in [2.24, 2.45) is 0 Å². The van der Waals surface area contributed by atoms with Gasteiger partial charge < -0.3 is 4.74 Å². The second-order valence-electron chi connectivity index (χ2n) is 11.9. The number of benzene rings is 10. The summed E-state index contributed by atoms with van der Waals surface area (Å²) in [6.45, 7) is 0. The minimum absolute atomic E-state index is 0.374. The Bertz CT molecular complexity index is 2580. The van der Waals surface area contributed by atoms with Crippen molar-refractivity contribution in [2.45, 2.75) is 0 Å². The molecule has 0 spiro atoms. The summed E-state index contributed by atoms with van der Waals surface area (Å²) < 4.78 is 5.68. The van der Waals surface area contributed by atoms with Crippen LogP contribution in [0, 0.1) is 0 Å². The van der Waals surface area contributed by atoms with E-state index in [0.29, 0.717) is 11.1 Å². The van der Waals surface area contributed by atoms with Crippen LogP contribution in [0.15, 0.2) is 133 Å². The van der Waals surface area contributed by atoms with Gasteiger partial charge in [-0.1, -0.05) is 121 Å². The number of fused-ring (bicyclic) bond motifs is 4. The largest absolute Gasteiger partial charge is 0.386 e. The Morgan fingerprint density at radius 3 is 0.978 bits per heavy atom. The highest BCUT2D eigenvalue weighted by molar-refractivity contribution is 6.36. The maximum absolute atomic E-state index is 13.8. The van der Waals surface area contributed by atoms with Crippen LogP contribution in [0.4, 0.5) is 0 Å². The summed E-state index contributed by atoms with van der Waals surface area (Å²) >= 11 is 0. The highest BCUT2D eigenvalue weighted by Gasteiger charge is 2.23. The van der Waals surface area contributed by atoms with Crippen LogP contribution in [0.2, 0.25) is 0 Å². The van der Waals surface area contributed by atoms with Crippen molar-refractivity contribution in [1.29, 1.82) is 0 Å². The fraction of sp³-hybridized carbons (Fsp3) is 0. The lowest BCUT2D eigenvalue weighted by atomic mass is 9.88. The lowest BCUT2D eigenvalue weighted by Gasteiger charge is -2.16. The average molecular weight is 575 g/mol. The Morgan fingerprint density at radius 2 is 0.600 bits per heavy atom. The Hall–Kier alpha value is -6.06. The van der Waals surface area contributed by atoms with Gasteiger partial charge >= 0.3 is 11.9 Å². The predicted octanol–water partition coefficient (Wildman–Crippen LogP) is 10.8. The first kappa shape index (κ1) is 24.4. The summed E-state index contributed by atoms with van der Waals surface area (Å²) in [6.07, 6.45) is 0. The molecule has 10 aromatic rings. The van der Waals surface area contributed by atoms with E-state index in [1.807, 2.05) is 36.4 Å². The molecule has 0 atom stereocenters. The molecule has 0 amide bonds. The van der Waals surface area contributed by atoms with Crippen LogP contribution in [-0.4, -0.2) is 11.9 Å². The van der Waals surface area contributed by atoms with Crippen LogP contribution >= 0.6 is 0 Å². The van der Waals surface area contributed by atoms with E-state index in [9.17, 15) is 9.59 Å². The molecule has 10 aromatic carbocycles. The van der Waals surface area contributed by atoms with Crippen molar-refractivity contribution in [3.8, 4) is 0 Å². The molecule has 0 radical (unpaired) electrons. The molecule has 0 heterocycles. The molecular weight excluding hydrogens is 552 g/mol. The van der Waals surface area contributed by atoms with Gasteiger partial charge in [0, 0.05) is 0 Å². The molecule has 0 aliphatic heterocycles. The van der Waals surface area contributed by atoms with Crippen LogP contribution in [-0.2, 0) is 4.74 Å². The molecule has 0 bridgehead atoms. The van der Waals surface area contributed by atoms with Gasteiger partial charge in [0.05, 0.1) is 11.1 Å². The minimum atomic E-state index is -0.656. The van der Waals surface area contributed by atoms with Crippen LogP contribution in [0.25, 0.3) is 86.2 Å². The van der Waals surface area contributed by atoms with Gasteiger partial charge in [-0.2, -0.15) is 0 Å². The highest BCUT2D eigenvalue weighted by atomic mass is 16.6. The fourth-order valence-electron chi connectivity index (χ4n) is 7.84. The summed E-state index contributed by atoms with van der Waals surface area (Å²) in [5.41, 5.74) is 0.748. The summed E-state index contributed by atoms with van der Waals surface area (Å²) in [5.74, 6) is -1.31. The van der Waals surface area contributed by atoms with Gasteiger partial charge in [-0.15, -0.1) is 0 Å². The van der Waals surface area contributed by atoms with Crippen LogP contribution in [0.3, 0.4) is 0 Å². The normalized spacial score (nSPS) is 12.2. The molecule has 3 nitrogen and oxygen atoms in total. The zero-order valence-corrected chi connectivity index (χ0v) is 23.9. The van der Waals surface area contributed by atoms with Gasteiger partial charge in [0.2, 0.25) is 0 Å². The third kappa shape index (κ3) is 3.19. The van der Waals surface area contributed by atoms with Gasteiger partial charge in [0.25, 0.3) is 0 Å². The smallest absolute Gasteiger partial charge is 0.346 e. The first-order valence-corrected chi connectivity index (χ1v) is 15.1. The summed E-state index contributed by atoms with van der Waals surface area (Å²) in [4.78, 5) is 27.6. The molecule has 45 heavy (non-hydrogen) atoms. The molecule has 0 aliphatic rings. The topological polar surface area (TPSA) is 43.4 Å². The molecular formula is C42H22O3. The van der Waals surface area contributed by atoms with Gasteiger partial charge in [-0.05, 0) is 98.3 Å². The molecule has 208 valence electrons. The van der Waals surface area contributed by atoms with E-state index in [2.05, 4.69) is 84.9 Å². The number of ether oxygens (including phenoxy) is 1. The maximum Gasteiger partial charge on any atom is 0.346 e. The van der Waals surface area contributed by atoms with Gasteiger partial charge in [-0.25, -0.2) is 9.59 Å². The van der Waals surface area contributed by atoms with E-state index in [0.717, 1.165) is 64.6 Å². The third-order valence-electron chi connectivity index (χ3n) is 9.68. The maximum atomic E-state index is 13.8. The van der Waals surface area contributed by atoms with Crippen molar-refractivity contribution in [2.75, 3.05) is 0 Å². The van der Waals surface area contributed by atoms with E-state index in [4.69, 9.17) is 4.74 Å². The molecule has 0 saturated heterocycles. The Morgan fingerprint density at radius 1 is 0.311 bits per heavy atom. The summed E-state index contributed by atoms with van der Waals surface area (Å²) in [5, 5.41) is 17.2. The van der Waals surface area contributed by atoms with Crippen LogP contribution in [0.1, 0.15) is 20.7 Å². The van der Waals surface area contributed by atoms with E-state index < -0.39 is 11.9 Å². The number of rotatable bonds is 2. The zero-order valence-electron chi connectivity index (χ0n) is 23.9. The van der Waals surface area contributed by atoms with Crippen LogP contribution in [0.5, 0.6) is 0 Å². The molecule has 0 fully saturated rings. The second-order valence-corrected chi connectivity index (χ2v) is 11.9. The number of esters is 2. The molecule has 0 unspecified atom stereocenters. The Balaban J connectivity index is 1.13. The van der Waals surface area contributed by atoms with E-state index in [1.165, 1.54) is 21.5 Å². The minimum Gasteiger partial charge on any atom is -0.386 e. The average Bonchev–Trinajstić information content (AvgIpc) is 3.08. The van der Waals surface area contributed by atoms with Gasteiger partial charge in [0.15, 0.2) is 0 Å². The van der Waals surface area contributed by atoms with E-state index >= 15 is 0 Å². The molecule has 3 heteroatoms. The zero-order chi connectivity index (χ0) is 29.8. The lowest BCUT2D eigenvalue weighted by molar-refractivity contribution is 0.0400. The van der Waals surface area contributed by atoms with Gasteiger partial charge in [0.1, 0.15) is 0 Å². The SMILES string of the molecule is O=C(OC(=O)c1ccc2c3cccc4cccc(c5cccc1c52)c43)c1ccc2c3cccc4cccc(c5cccc1c52)c43. The monoisotopic (exact) mass is 574 g/mol. The van der Waals surface area contributed by atoms with Crippen molar-refractivity contribution >= 4 is 98.1 Å². The summed E-state index contributed by atoms with van der Waals surface area (Å²) in [7, 11) is 0. The predicted molar refractivity (Wildman–Crippen MR) is 185 cm³/mol. The van der Waals surface area contributed by atoms with Crippen molar-refractivity contribution in [1.82, 2.24) is 0 Å². The van der Waals surface area contributed by atoms with Gasteiger partial charge in [-0.3, -0.25) is 0 Å². The lowest BCUT2D eigenvalue weighted by Crippen LogP contribution is -2.14. The second kappa shape index (κ2) is 8.75. The first-order chi connectivity index (χ1) is 22.2.